The molecule has 1 heterocycles. The SMILES string of the molecule is NCC(C1CCCCC1)N1C(=O)CNC1=O. The first-order chi connectivity index (χ1) is 7.74. The van der Waals surface area contributed by atoms with Crippen molar-refractivity contribution in [2.24, 2.45) is 11.7 Å². The maximum absolute atomic E-state index is 11.6. The normalized spacial score (nSPS) is 24.7. The van der Waals surface area contributed by atoms with Crippen molar-refractivity contribution in [1.82, 2.24) is 10.2 Å². The lowest BCUT2D eigenvalue weighted by atomic mass is 9.83. The molecular formula is C11H19N3O2. The Morgan fingerprint density at radius 3 is 2.50 bits per heavy atom. The highest BCUT2D eigenvalue weighted by atomic mass is 16.2. The summed E-state index contributed by atoms with van der Waals surface area (Å²) in [5.74, 6) is 0.262. The first-order valence-electron chi connectivity index (χ1n) is 6.04. The van der Waals surface area contributed by atoms with E-state index in [0.29, 0.717) is 12.5 Å². The number of nitrogens with two attached hydrogens (primary N) is 1. The van der Waals surface area contributed by atoms with E-state index in [4.69, 9.17) is 5.73 Å². The molecule has 0 aromatic carbocycles. The Bertz CT molecular complexity index is 271. The zero-order valence-corrected chi connectivity index (χ0v) is 9.45. The molecule has 2 rings (SSSR count). The van der Waals surface area contributed by atoms with Gasteiger partial charge in [0.15, 0.2) is 0 Å². The minimum Gasteiger partial charge on any atom is -0.329 e. The van der Waals surface area contributed by atoms with Crippen molar-refractivity contribution in [2.45, 2.75) is 38.1 Å². The van der Waals surface area contributed by atoms with E-state index in [-0.39, 0.29) is 24.5 Å². The largest absolute Gasteiger partial charge is 0.329 e. The standard InChI is InChI=1S/C11H19N3O2/c12-6-9(8-4-2-1-3-5-8)14-10(15)7-13-11(14)16/h8-9H,1-7,12H2,(H,13,16). The Morgan fingerprint density at radius 1 is 1.31 bits per heavy atom. The lowest BCUT2D eigenvalue weighted by Crippen LogP contribution is -2.49. The highest BCUT2D eigenvalue weighted by Gasteiger charge is 2.38. The number of urea groups is 1. The number of imide groups is 1. The van der Waals surface area contributed by atoms with Crippen LogP contribution >= 0.6 is 0 Å². The molecule has 16 heavy (non-hydrogen) atoms. The smallest absolute Gasteiger partial charge is 0.324 e. The van der Waals surface area contributed by atoms with Crippen LogP contribution in [0, 0.1) is 5.92 Å². The summed E-state index contributed by atoms with van der Waals surface area (Å²) in [5, 5.41) is 2.56. The van der Waals surface area contributed by atoms with Crippen LogP contribution in [0.5, 0.6) is 0 Å². The average molecular weight is 225 g/mol. The molecule has 1 atom stereocenters. The predicted octanol–water partition coefficient (Wildman–Crippen LogP) is 0.446. The van der Waals surface area contributed by atoms with Gasteiger partial charge in [0.2, 0.25) is 5.91 Å². The fourth-order valence-electron chi connectivity index (χ4n) is 2.80. The van der Waals surface area contributed by atoms with E-state index in [1.807, 2.05) is 0 Å². The molecule has 5 heteroatoms. The van der Waals surface area contributed by atoms with Gasteiger partial charge in [0.25, 0.3) is 0 Å². The van der Waals surface area contributed by atoms with Crippen molar-refractivity contribution >= 4 is 11.9 Å². The van der Waals surface area contributed by atoms with Gasteiger partial charge in [-0.2, -0.15) is 0 Å². The number of nitrogens with zero attached hydrogens (tertiary/aromatic N) is 1. The number of rotatable bonds is 3. The van der Waals surface area contributed by atoms with E-state index >= 15 is 0 Å². The molecule has 0 aromatic rings. The van der Waals surface area contributed by atoms with Crippen LogP contribution in [0.1, 0.15) is 32.1 Å². The molecule has 1 saturated heterocycles. The first kappa shape index (κ1) is 11.4. The second-order valence-electron chi connectivity index (χ2n) is 4.62. The Labute approximate surface area is 95.3 Å². The molecule has 2 aliphatic rings. The Morgan fingerprint density at radius 2 is 2.00 bits per heavy atom. The van der Waals surface area contributed by atoms with Crippen LogP contribution in [0.3, 0.4) is 0 Å². The maximum Gasteiger partial charge on any atom is 0.324 e. The van der Waals surface area contributed by atoms with Gasteiger partial charge >= 0.3 is 6.03 Å². The van der Waals surface area contributed by atoms with Crippen molar-refractivity contribution in [2.75, 3.05) is 13.1 Å². The molecule has 3 amide bonds. The topological polar surface area (TPSA) is 75.4 Å². The van der Waals surface area contributed by atoms with Crippen LogP contribution < -0.4 is 11.1 Å². The van der Waals surface area contributed by atoms with Crippen LogP contribution in [0.4, 0.5) is 4.79 Å². The third-order valence-corrected chi connectivity index (χ3v) is 3.65. The van der Waals surface area contributed by atoms with Crippen molar-refractivity contribution < 1.29 is 9.59 Å². The lowest BCUT2D eigenvalue weighted by Gasteiger charge is -2.33. The van der Waals surface area contributed by atoms with Crippen molar-refractivity contribution in [3.63, 3.8) is 0 Å². The first-order valence-corrected chi connectivity index (χ1v) is 6.04. The van der Waals surface area contributed by atoms with E-state index in [0.717, 1.165) is 12.8 Å². The van der Waals surface area contributed by atoms with E-state index in [1.54, 1.807) is 0 Å². The van der Waals surface area contributed by atoms with Gasteiger partial charge in [0, 0.05) is 6.54 Å². The minimum absolute atomic E-state index is 0.102. The molecule has 1 saturated carbocycles. The van der Waals surface area contributed by atoms with Crippen LogP contribution in [0.15, 0.2) is 0 Å². The Kier molecular flexibility index (Phi) is 3.43. The highest BCUT2D eigenvalue weighted by Crippen LogP contribution is 2.29. The van der Waals surface area contributed by atoms with Crippen LogP contribution in [0.2, 0.25) is 0 Å². The number of carbonyl (C=O) groups is 2. The molecule has 0 radical (unpaired) electrons. The lowest BCUT2D eigenvalue weighted by molar-refractivity contribution is -0.127. The van der Waals surface area contributed by atoms with Gasteiger partial charge < -0.3 is 11.1 Å². The van der Waals surface area contributed by atoms with Crippen LogP contribution in [0.25, 0.3) is 0 Å². The van der Waals surface area contributed by atoms with Gasteiger partial charge in [-0.05, 0) is 18.8 Å². The zero-order chi connectivity index (χ0) is 11.5. The highest BCUT2D eigenvalue weighted by molar-refractivity contribution is 6.02. The van der Waals surface area contributed by atoms with Gasteiger partial charge in [-0.1, -0.05) is 19.3 Å². The Balaban J connectivity index is 2.08. The summed E-state index contributed by atoms with van der Waals surface area (Å²) < 4.78 is 0. The number of hydrogen-bond donors (Lipinski definition) is 2. The quantitative estimate of drug-likeness (QED) is 0.685. The third-order valence-electron chi connectivity index (χ3n) is 3.65. The number of nitrogens with one attached hydrogen (secondary N) is 1. The predicted molar refractivity (Wildman–Crippen MR) is 59.7 cm³/mol. The molecule has 1 unspecified atom stereocenters. The van der Waals surface area contributed by atoms with Gasteiger partial charge in [-0.25, -0.2) is 4.79 Å². The monoisotopic (exact) mass is 225 g/mol. The van der Waals surface area contributed by atoms with E-state index < -0.39 is 0 Å². The number of hydrogen-bond acceptors (Lipinski definition) is 3. The van der Waals surface area contributed by atoms with E-state index in [2.05, 4.69) is 5.32 Å². The second kappa shape index (κ2) is 4.82. The summed E-state index contributed by atoms with van der Waals surface area (Å²) in [4.78, 5) is 24.5. The number of carbonyl (C=O) groups excluding carboxylic acids is 2. The fourth-order valence-corrected chi connectivity index (χ4v) is 2.80. The third kappa shape index (κ3) is 2.04. The molecule has 0 aromatic heterocycles. The molecule has 1 aliphatic carbocycles. The number of amides is 3. The molecule has 0 spiro atoms. The fraction of sp³-hybridized carbons (Fsp3) is 0.818. The van der Waals surface area contributed by atoms with Gasteiger partial charge in [0.05, 0.1) is 12.6 Å². The van der Waals surface area contributed by atoms with Gasteiger partial charge in [-0.15, -0.1) is 0 Å². The molecule has 5 nitrogen and oxygen atoms in total. The Hall–Kier alpha value is -1.10. The molecular weight excluding hydrogens is 206 g/mol. The summed E-state index contributed by atoms with van der Waals surface area (Å²) >= 11 is 0. The van der Waals surface area contributed by atoms with Gasteiger partial charge in [-0.3, -0.25) is 9.69 Å². The van der Waals surface area contributed by atoms with E-state index in [1.165, 1.54) is 24.2 Å². The maximum atomic E-state index is 11.6. The second-order valence-corrected chi connectivity index (χ2v) is 4.62. The van der Waals surface area contributed by atoms with Gasteiger partial charge in [0.1, 0.15) is 0 Å². The summed E-state index contributed by atoms with van der Waals surface area (Å²) in [7, 11) is 0. The molecule has 2 fully saturated rings. The van der Waals surface area contributed by atoms with Crippen LogP contribution in [-0.2, 0) is 4.79 Å². The molecule has 90 valence electrons. The molecule has 0 bridgehead atoms. The zero-order valence-electron chi connectivity index (χ0n) is 9.45. The molecule has 3 N–H and O–H groups in total. The minimum atomic E-state index is -0.272. The summed E-state index contributed by atoms with van der Waals surface area (Å²) in [6, 6.07) is -0.374. The van der Waals surface area contributed by atoms with Crippen molar-refractivity contribution in [3.05, 3.63) is 0 Å². The van der Waals surface area contributed by atoms with Crippen molar-refractivity contribution in [3.8, 4) is 0 Å². The van der Waals surface area contributed by atoms with E-state index in [9.17, 15) is 9.59 Å². The summed E-state index contributed by atoms with van der Waals surface area (Å²) in [6.45, 7) is 0.506. The molecule has 1 aliphatic heterocycles. The average Bonchev–Trinajstić information content (AvgIpc) is 2.63. The summed E-state index contributed by atoms with van der Waals surface area (Å²) in [6.07, 6.45) is 5.79. The summed E-state index contributed by atoms with van der Waals surface area (Å²) in [5.41, 5.74) is 5.73. The van der Waals surface area contributed by atoms with Crippen LogP contribution in [-0.4, -0.2) is 36.0 Å². The van der Waals surface area contributed by atoms with Crippen molar-refractivity contribution in [1.29, 1.82) is 0 Å².